The molecule has 4 rings (SSSR count). The van der Waals surface area contributed by atoms with E-state index < -0.39 is 0 Å². The fraction of sp³-hybridized carbons (Fsp3) is 0.737. The molecule has 2 atom stereocenters. The number of piperidine rings is 1. The molecule has 25 heavy (non-hydrogen) atoms. The topological polar surface area (TPSA) is 78.4 Å². The van der Waals surface area contributed by atoms with Crippen molar-refractivity contribution in [1.82, 2.24) is 15.3 Å². The molecular formula is C19H28N4O2. The molecule has 2 unspecified atom stereocenters. The number of fused-ring (bicyclic) bond motifs is 1. The molecule has 0 saturated carbocycles. The van der Waals surface area contributed by atoms with Crippen molar-refractivity contribution in [2.75, 3.05) is 24.5 Å². The Hall–Kier alpha value is -1.53. The number of aliphatic hydroxyl groups excluding tert-OH is 1. The normalized spacial score (nSPS) is 27.8. The van der Waals surface area contributed by atoms with Crippen LogP contribution in [0.1, 0.15) is 49.8 Å². The van der Waals surface area contributed by atoms with E-state index in [-0.39, 0.29) is 18.1 Å². The largest absolute Gasteiger partial charge is 0.393 e. The molecule has 1 aromatic rings. The third-order valence-electron chi connectivity index (χ3n) is 6.05. The predicted molar refractivity (Wildman–Crippen MR) is 95.6 cm³/mol. The number of ketones is 1. The zero-order chi connectivity index (χ0) is 17.2. The van der Waals surface area contributed by atoms with Crippen LogP contribution in [0.15, 0.2) is 6.33 Å². The number of nitrogens with zero attached hydrogens (tertiary/aromatic N) is 3. The van der Waals surface area contributed by atoms with Crippen LogP contribution in [0.25, 0.3) is 0 Å². The molecule has 1 aromatic heterocycles. The maximum Gasteiger partial charge on any atom is 0.152 e. The van der Waals surface area contributed by atoms with Gasteiger partial charge in [-0.15, -0.1) is 0 Å². The number of anilines is 1. The minimum absolute atomic E-state index is 0.0698. The van der Waals surface area contributed by atoms with Crippen LogP contribution in [0.3, 0.4) is 0 Å². The van der Waals surface area contributed by atoms with E-state index in [0.717, 1.165) is 82.5 Å². The van der Waals surface area contributed by atoms with Gasteiger partial charge in [0.15, 0.2) is 5.78 Å². The highest BCUT2D eigenvalue weighted by Crippen LogP contribution is 2.31. The van der Waals surface area contributed by atoms with Gasteiger partial charge in [-0.3, -0.25) is 4.79 Å². The highest BCUT2D eigenvalue weighted by Gasteiger charge is 2.32. The number of carbonyl (C=O) groups is 1. The van der Waals surface area contributed by atoms with Crippen LogP contribution >= 0.6 is 0 Å². The maximum atomic E-state index is 12.8. The molecular weight excluding hydrogens is 316 g/mol. The summed E-state index contributed by atoms with van der Waals surface area (Å²) in [6, 6.07) is 0.0698. The van der Waals surface area contributed by atoms with Crippen LogP contribution in [0.4, 0.5) is 5.82 Å². The first-order valence-electron chi connectivity index (χ1n) is 9.75. The van der Waals surface area contributed by atoms with Crippen molar-refractivity contribution in [2.45, 2.75) is 63.5 Å². The molecule has 0 aromatic carbocycles. The summed E-state index contributed by atoms with van der Waals surface area (Å²) in [5.74, 6) is 1.57. The van der Waals surface area contributed by atoms with Gasteiger partial charge in [0.1, 0.15) is 12.1 Å². The molecule has 0 amide bonds. The standard InChI is InChI=1S/C19H28N4O2/c24-14-7-10-23(11-8-14)19-15-5-3-13(4-6-16(15)21-12-22-19)18(25)17-2-1-9-20-17/h12-14,17,20,24H,1-11H2. The van der Waals surface area contributed by atoms with Crippen LogP contribution in [0, 0.1) is 5.92 Å². The summed E-state index contributed by atoms with van der Waals surface area (Å²) in [6.07, 6.45) is 8.74. The number of Topliss-reactive ketones (excluding diaryl/α,β-unsaturated/α-hetero) is 1. The first-order valence-corrected chi connectivity index (χ1v) is 9.75. The van der Waals surface area contributed by atoms with Crippen molar-refractivity contribution in [3.05, 3.63) is 17.6 Å². The SMILES string of the molecule is O=C(C1CCc2ncnc(N3CCC(O)CC3)c2CC1)C1CCCN1. The van der Waals surface area contributed by atoms with Crippen molar-refractivity contribution in [3.8, 4) is 0 Å². The Balaban J connectivity index is 1.49. The number of rotatable bonds is 3. The van der Waals surface area contributed by atoms with E-state index in [1.54, 1.807) is 6.33 Å². The van der Waals surface area contributed by atoms with Crippen molar-refractivity contribution < 1.29 is 9.90 Å². The van der Waals surface area contributed by atoms with Crippen LogP contribution < -0.4 is 10.2 Å². The third kappa shape index (κ3) is 3.55. The molecule has 3 heterocycles. The Morgan fingerprint density at radius 3 is 2.68 bits per heavy atom. The quantitative estimate of drug-likeness (QED) is 0.804. The van der Waals surface area contributed by atoms with Gasteiger partial charge in [0, 0.05) is 30.3 Å². The molecule has 0 spiro atoms. The van der Waals surface area contributed by atoms with Crippen molar-refractivity contribution in [2.24, 2.45) is 5.92 Å². The summed E-state index contributed by atoms with van der Waals surface area (Å²) in [5.41, 5.74) is 2.35. The van der Waals surface area contributed by atoms with Gasteiger partial charge >= 0.3 is 0 Å². The van der Waals surface area contributed by atoms with Crippen molar-refractivity contribution in [1.29, 1.82) is 0 Å². The lowest BCUT2D eigenvalue weighted by atomic mass is 9.90. The highest BCUT2D eigenvalue weighted by atomic mass is 16.3. The summed E-state index contributed by atoms with van der Waals surface area (Å²) in [4.78, 5) is 24.2. The minimum Gasteiger partial charge on any atom is -0.393 e. The van der Waals surface area contributed by atoms with Crippen LogP contribution in [0.5, 0.6) is 0 Å². The van der Waals surface area contributed by atoms with Gasteiger partial charge in [0.05, 0.1) is 12.1 Å². The van der Waals surface area contributed by atoms with Gasteiger partial charge < -0.3 is 15.3 Å². The lowest BCUT2D eigenvalue weighted by molar-refractivity contribution is -0.124. The second-order valence-electron chi connectivity index (χ2n) is 7.67. The second kappa shape index (κ2) is 7.38. The van der Waals surface area contributed by atoms with Gasteiger partial charge in [0.25, 0.3) is 0 Å². The molecule has 6 heteroatoms. The van der Waals surface area contributed by atoms with Gasteiger partial charge in [-0.25, -0.2) is 9.97 Å². The van der Waals surface area contributed by atoms with Crippen LogP contribution in [0.2, 0.25) is 0 Å². The Labute approximate surface area is 149 Å². The highest BCUT2D eigenvalue weighted by molar-refractivity contribution is 5.86. The first kappa shape index (κ1) is 16.9. The Morgan fingerprint density at radius 2 is 1.92 bits per heavy atom. The molecule has 136 valence electrons. The van der Waals surface area contributed by atoms with E-state index >= 15 is 0 Å². The predicted octanol–water partition coefficient (Wildman–Crippen LogP) is 1.25. The zero-order valence-corrected chi connectivity index (χ0v) is 14.8. The molecule has 3 aliphatic rings. The maximum absolute atomic E-state index is 12.8. The Morgan fingerprint density at radius 1 is 1.12 bits per heavy atom. The van der Waals surface area contributed by atoms with Gasteiger partial charge in [-0.1, -0.05) is 0 Å². The Kier molecular flexibility index (Phi) is 4.99. The number of hydrogen-bond acceptors (Lipinski definition) is 6. The number of nitrogens with one attached hydrogen (secondary N) is 1. The van der Waals surface area contributed by atoms with E-state index in [1.165, 1.54) is 5.56 Å². The summed E-state index contributed by atoms with van der Waals surface area (Å²) < 4.78 is 0. The molecule has 2 N–H and O–H groups in total. The number of aliphatic hydroxyl groups is 1. The second-order valence-corrected chi connectivity index (χ2v) is 7.67. The molecule has 2 aliphatic heterocycles. The molecule has 0 bridgehead atoms. The number of aryl methyl sites for hydroxylation is 1. The molecule has 2 fully saturated rings. The van der Waals surface area contributed by atoms with Gasteiger partial charge in [0.2, 0.25) is 0 Å². The van der Waals surface area contributed by atoms with Crippen molar-refractivity contribution in [3.63, 3.8) is 0 Å². The zero-order valence-electron chi connectivity index (χ0n) is 14.8. The Bertz CT molecular complexity index is 622. The number of hydrogen-bond donors (Lipinski definition) is 2. The number of carbonyl (C=O) groups excluding carboxylic acids is 1. The average molecular weight is 344 g/mol. The van der Waals surface area contributed by atoms with E-state index in [4.69, 9.17) is 0 Å². The van der Waals surface area contributed by atoms with Gasteiger partial charge in [-0.05, 0) is 57.9 Å². The van der Waals surface area contributed by atoms with E-state index in [0.29, 0.717) is 5.78 Å². The van der Waals surface area contributed by atoms with Crippen LogP contribution in [-0.4, -0.2) is 52.6 Å². The summed E-state index contributed by atoms with van der Waals surface area (Å²) in [7, 11) is 0. The average Bonchev–Trinajstić information content (AvgIpc) is 3.08. The smallest absolute Gasteiger partial charge is 0.152 e. The van der Waals surface area contributed by atoms with Gasteiger partial charge in [-0.2, -0.15) is 0 Å². The lowest BCUT2D eigenvalue weighted by Crippen LogP contribution is -2.37. The summed E-state index contributed by atoms with van der Waals surface area (Å²) in [5, 5.41) is 13.1. The molecule has 6 nitrogen and oxygen atoms in total. The van der Waals surface area contributed by atoms with E-state index in [2.05, 4.69) is 20.2 Å². The fourth-order valence-electron chi connectivity index (χ4n) is 4.53. The minimum atomic E-state index is -0.183. The third-order valence-corrected chi connectivity index (χ3v) is 6.05. The van der Waals surface area contributed by atoms with E-state index in [9.17, 15) is 9.90 Å². The summed E-state index contributed by atoms with van der Waals surface area (Å²) >= 11 is 0. The fourth-order valence-corrected chi connectivity index (χ4v) is 4.53. The molecule has 1 aliphatic carbocycles. The first-order chi connectivity index (χ1) is 12.2. The molecule has 0 radical (unpaired) electrons. The van der Waals surface area contributed by atoms with Crippen molar-refractivity contribution >= 4 is 11.6 Å². The van der Waals surface area contributed by atoms with E-state index in [1.807, 2.05) is 0 Å². The summed E-state index contributed by atoms with van der Waals surface area (Å²) in [6.45, 7) is 2.66. The number of aromatic nitrogens is 2. The van der Waals surface area contributed by atoms with Crippen LogP contribution in [-0.2, 0) is 17.6 Å². The molecule has 2 saturated heterocycles. The lowest BCUT2D eigenvalue weighted by Gasteiger charge is -2.32. The monoisotopic (exact) mass is 344 g/mol.